The number of Topliss-reactive ketones (excluding diaryl/α,β-unsaturated/α-hetero) is 1. The number of ketones is 1. The molecule has 0 unspecified atom stereocenters. The second-order valence-electron chi connectivity index (χ2n) is 9.37. The first-order valence-corrected chi connectivity index (χ1v) is 14.1. The number of carbonyl (C=O) groups excluding carboxylic acids is 3. The van der Waals surface area contributed by atoms with Crippen LogP contribution in [0.15, 0.2) is 36.7 Å². The van der Waals surface area contributed by atoms with Gasteiger partial charge in [-0.25, -0.2) is 0 Å². The standard InChI is InChI=1S/C25H28ClN3O3S.C2H6/c26-18-14-29(23-17(18)6-7-19(23)30)25(32)22(16-4-2-1-3-5-16)28-24(31)21-9-8-20(33-21)15-10-12-27-13-11-15;1-2/h8-13,16-18,22-23H,1-7,14H2,(H,28,31);1-2H3/t17-,18+,22+,23+;/m1./s1. The molecule has 2 aliphatic carbocycles. The van der Waals surface area contributed by atoms with Crippen LogP contribution in [0, 0.1) is 11.8 Å². The number of carbonyl (C=O) groups is 3. The van der Waals surface area contributed by atoms with Crippen molar-refractivity contribution in [2.75, 3.05) is 6.54 Å². The third-order valence-electron chi connectivity index (χ3n) is 7.38. The van der Waals surface area contributed by atoms with Crippen LogP contribution in [0.2, 0.25) is 0 Å². The summed E-state index contributed by atoms with van der Waals surface area (Å²) in [6, 6.07) is 6.49. The van der Waals surface area contributed by atoms with E-state index in [-0.39, 0.29) is 34.8 Å². The number of fused-ring (bicyclic) bond motifs is 1. The Hall–Kier alpha value is -2.25. The molecule has 5 rings (SSSR count). The average molecular weight is 516 g/mol. The minimum absolute atomic E-state index is 0.0334. The molecule has 0 aromatic carbocycles. The third-order valence-corrected chi connectivity index (χ3v) is 8.98. The van der Waals surface area contributed by atoms with Crippen LogP contribution in [0.5, 0.6) is 0 Å². The van der Waals surface area contributed by atoms with Gasteiger partial charge in [0.05, 0.1) is 16.3 Å². The Bertz CT molecular complexity index is 1040. The fraction of sp³-hybridized carbons (Fsp3) is 0.556. The van der Waals surface area contributed by atoms with Crippen molar-refractivity contribution < 1.29 is 14.4 Å². The molecule has 2 aromatic heterocycles. The molecule has 2 saturated carbocycles. The molecule has 2 amide bonds. The van der Waals surface area contributed by atoms with E-state index in [2.05, 4.69) is 10.3 Å². The summed E-state index contributed by atoms with van der Waals surface area (Å²) in [6.07, 6.45) is 9.76. The minimum Gasteiger partial charge on any atom is -0.339 e. The first kappa shape index (κ1) is 25.8. The van der Waals surface area contributed by atoms with Gasteiger partial charge in [-0.3, -0.25) is 19.4 Å². The monoisotopic (exact) mass is 515 g/mol. The molecule has 0 radical (unpaired) electrons. The first-order chi connectivity index (χ1) is 17.0. The van der Waals surface area contributed by atoms with Crippen LogP contribution < -0.4 is 5.32 Å². The number of pyridine rings is 1. The van der Waals surface area contributed by atoms with E-state index >= 15 is 0 Å². The zero-order valence-electron chi connectivity index (χ0n) is 20.4. The van der Waals surface area contributed by atoms with Gasteiger partial charge in [0, 0.05) is 36.2 Å². The largest absolute Gasteiger partial charge is 0.339 e. The van der Waals surface area contributed by atoms with Gasteiger partial charge in [0.2, 0.25) is 5.91 Å². The molecule has 4 atom stereocenters. The predicted molar refractivity (Wildman–Crippen MR) is 140 cm³/mol. The molecular formula is C27H34ClN3O3S. The van der Waals surface area contributed by atoms with Gasteiger partial charge in [-0.2, -0.15) is 0 Å². The van der Waals surface area contributed by atoms with Crippen molar-refractivity contribution >= 4 is 40.5 Å². The summed E-state index contributed by atoms with van der Waals surface area (Å²) < 4.78 is 0. The second-order valence-corrected chi connectivity index (χ2v) is 11.0. The molecule has 3 aliphatic rings. The van der Waals surface area contributed by atoms with Crippen LogP contribution in [-0.2, 0) is 9.59 Å². The lowest BCUT2D eigenvalue weighted by atomic mass is 9.83. The summed E-state index contributed by atoms with van der Waals surface area (Å²) >= 11 is 7.94. The topological polar surface area (TPSA) is 79.4 Å². The quantitative estimate of drug-likeness (QED) is 0.547. The highest BCUT2D eigenvalue weighted by molar-refractivity contribution is 7.17. The van der Waals surface area contributed by atoms with Crippen molar-refractivity contribution in [3.8, 4) is 10.4 Å². The van der Waals surface area contributed by atoms with Gasteiger partial charge in [0.25, 0.3) is 5.91 Å². The maximum absolute atomic E-state index is 13.8. The van der Waals surface area contributed by atoms with Crippen molar-refractivity contribution in [2.24, 2.45) is 11.8 Å². The highest BCUT2D eigenvalue weighted by Gasteiger charge is 2.52. The molecule has 3 heterocycles. The highest BCUT2D eigenvalue weighted by atomic mass is 35.5. The van der Waals surface area contributed by atoms with Crippen LogP contribution in [0.3, 0.4) is 0 Å². The summed E-state index contributed by atoms with van der Waals surface area (Å²) in [5.74, 6) is -0.162. The molecule has 2 aromatic rings. The Morgan fingerprint density at radius 1 is 1.09 bits per heavy atom. The average Bonchev–Trinajstić information content (AvgIpc) is 3.62. The number of nitrogens with one attached hydrogen (secondary N) is 1. The van der Waals surface area contributed by atoms with Crippen LogP contribution in [0.25, 0.3) is 10.4 Å². The van der Waals surface area contributed by atoms with E-state index in [1.165, 1.54) is 11.3 Å². The SMILES string of the molecule is CC.O=C(N[C@H](C(=O)N1C[C@H](Cl)[C@H]2CCC(=O)[C@H]21)C1CCCCC1)c1ccc(-c2ccncc2)s1. The maximum Gasteiger partial charge on any atom is 0.262 e. The van der Waals surface area contributed by atoms with Crippen LogP contribution in [-0.4, -0.2) is 51.5 Å². The summed E-state index contributed by atoms with van der Waals surface area (Å²) in [6.45, 7) is 4.38. The maximum atomic E-state index is 13.8. The van der Waals surface area contributed by atoms with Gasteiger partial charge in [-0.05, 0) is 55.0 Å². The van der Waals surface area contributed by atoms with Gasteiger partial charge in [0.1, 0.15) is 6.04 Å². The number of nitrogens with zero attached hydrogens (tertiary/aromatic N) is 2. The lowest BCUT2D eigenvalue weighted by Gasteiger charge is -2.34. The molecule has 8 heteroatoms. The van der Waals surface area contributed by atoms with E-state index in [0.29, 0.717) is 17.8 Å². The van der Waals surface area contributed by atoms with Gasteiger partial charge >= 0.3 is 0 Å². The van der Waals surface area contributed by atoms with E-state index in [0.717, 1.165) is 49.0 Å². The summed E-state index contributed by atoms with van der Waals surface area (Å²) in [5, 5.41) is 2.87. The van der Waals surface area contributed by atoms with E-state index in [4.69, 9.17) is 11.6 Å². The molecule has 3 fully saturated rings. The van der Waals surface area contributed by atoms with E-state index in [1.54, 1.807) is 23.4 Å². The number of thiophene rings is 1. The number of aromatic nitrogens is 1. The summed E-state index contributed by atoms with van der Waals surface area (Å²) in [4.78, 5) is 46.8. The molecule has 6 nitrogen and oxygen atoms in total. The van der Waals surface area contributed by atoms with Crippen molar-refractivity contribution in [3.63, 3.8) is 0 Å². The fourth-order valence-corrected chi connectivity index (χ4v) is 7.00. The Kier molecular flexibility index (Phi) is 8.60. The zero-order chi connectivity index (χ0) is 24.9. The van der Waals surface area contributed by atoms with Gasteiger partial charge in [0.15, 0.2) is 5.78 Å². The van der Waals surface area contributed by atoms with E-state index in [9.17, 15) is 14.4 Å². The number of alkyl halides is 1. The number of likely N-dealkylation sites (tertiary alicyclic amines) is 1. The smallest absolute Gasteiger partial charge is 0.262 e. The molecular weight excluding hydrogens is 482 g/mol. The number of amides is 2. The molecule has 35 heavy (non-hydrogen) atoms. The predicted octanol–water partition coefficient (Wildman–Crippen LogP) is 5.31. The molecule has 188 valence electrons. The van der Waals surface area contributed by atoms with Crippen molar-refractivity contribution in [1.29, 1.82) is 0 Å². The van der Waals surface area contributed by atoms with E-state index in [1.807, 2.05) is 32.0 Å². The first-order valence-electron chi connectivity index (χ1n) is 12.8. The van der Waals surface area contributed by atoms with Crippen molar-refractivity contribution in [1.82, 2.24) is 15.2 Å². The molecule has 1 N–H and O–H groups in total. The summed E-state index contributed by atoms with van der Waals surface area (Å²) in [7, 11) is 0. The number of halogens is 1. The molecule has 0 bridgehead atoms. The third kappa shape index (κ3) is 5.46. The number of hydrogen-bond acceptors (Lipinski definition) is 5. The highest BCUT2D eigenvalue weighted by Crippen LogP contribution is 2.40. The zero-order valence-corrected chi connectivity index (χ0v) is 22.0. The second kappa shape index (κ2) is 11.7. The van der Waals surface area contributed by atoms with Gasteiger partial charge < -0.3 is 10.2 Å². The summed E-state index contributed by atoms with van der Waals surface area (Å²) in [5.41, 5.74) is 1.00. The lowest BCUT2D eigenvalue weighted by molar-refractivity contribution is -0.140. The Morgan fingerprint density at radius 2 is 1.80 bits per heavy atom. The Morgan fingerprint density at radius 3 is 2.51 bits per heavy atom. The molecule has 0 spiro atoms. The van der Waals surface area contributed by atoms with Crippen LogP contribution >= 0.6 is 22.9 Å². The molecule has 1 saturated heterocycles. The van der Waals surface area contributed by atoms with E-state index < -0.39 is 12.1 Å². The fourth-order valence-electron chi connectivity index (χ4n) is 5.67. The normalized spacial score (nSPS) is 24.9. The van der Waals surface area contributed by atoms with Crippen LogP contribution in [0.4, 0.5) is 0 Å². The Labute approximate surface area is 216 Å². The molecule has 1 aliphatic heterocycles. The van der Waals surface area contributed by atoms with Gasteiger partial charge in [-0.1, -0.05) is 33.1 Å². The number of rotatable bonds is 5. The van der Waals surface area contributed by atoms with Gasteiger partial charge in [-0.15, -0.1) is 22.9 Å². The number of hydrogen-bond donors (Lipinski definition) is 1. The van der Waals surface area contributed by atoms with Crippen molar-refractivity contribution in [3.05, 3.63) is 41.5 Å². The lowest BCUT2D eigenvalue weighted by Crippen LogP contribution is -2.55. The van der Waals surface area contributed by atoms with Crippen LogP contribution in [0.1, 0.15) is 68.5 Å². The Balaban J connectivity index is 0.00000141. The van der Waals surface area contributed by atoms with Crippen molar-refractivity contribution in [2.45, 2.75) is 76.3 Å². The minimum atomic E-state index is -0.625.